The van der Waals surface area contributed by atoms with E-state index in [1.165, 1.54) is 57.8 Å². The van der Waals surface area contributed by atoms with Gasteiger partial charge in [0.05, 0.1) is 0 Å². The van der Waals surface area contributed by atoms with Gasteiger partial charge in [-0.3, -0.25) is 10.9 Å². The minimum atomic E-state index is 0.318. The first kappa shape index (κ1) is 13.4. The lowest BCUT2D eigenvalue weighted by molar-refractivity contribution is 0.0995. The minimum Gasteiger partial charge on any atom is -0.292 e. The number of hydrazone groups is 1. The third-order valence-electron chi connectivity index (χ3n) is 5.17. The Morgan fingerprint density at radius 2 is 1.74 bits per heavy atom. The van der Waals surface area contributed by atoms with Crippen molar-refractivity contribution >= 4 is 6.21 Å². The molecule has 4 nitrogen and oxygen atoms in total. The van der Waals surface area contributed by atoms with Crippen molar-refractivity contribution in [1.29, 1.82) is 0 Å². The van der Waals surface area contributed by atoms with Gasteiger partial charge in [0, 0.05) is 12.8 Å². The molecule has 3 aliphatic rings. The number of fused-ring (bicyclic) bond motifs is 1. The summed E-state index contributed by atoms with van der Waals surface area (Å²) in [6.07, 6.45) is 14.8. The summed E-state index contributed by atoms with van der Waals surface area (Å²) < 4.78 is 0. The van der Waals surface area contributed by atoms with E-state index in [9.17, 15) is 0 Å². The van der Waals surface area contributed by atoms with E-state index < -0.39 is 0 Å². The molecule has 0 radical (unpaired) electrons. The van der Waals surface area contributed by atoms with Crippen LogP contribution in [0, 0.1) is 17.8 Å². The monoisotopic (exact) mass is 264 g/mol. The Bertz CT molecular complexity index is 297. The summed E-state index contributed by atoms with van der Waals surface area (Å²) in [6.45, 7) is 1.12. The van der Waals surface area contributed by atoms with Gasteiger partial charge in [0.2, 0.25) is 0 Å². The van der Waals surface area contributed by atoms with Gasteiger partial charge in [0.25, 0.3) is 0 Å². The molecule has 2 aliphatic carbocycles. The molecule has 0 spiro atoms. The Morgan fingerprint density at radius 3 is 2.63 bits per heavy atom. The number of rotatable bonds is 3. The first-order valence-corrected chi connectivity index (χ1v) is 8.20. The van der Waals surface area contributed by atoms with E-state index in [2.05, 4.69) is 27.6 Å². The van der Waals surface area contributed by atoms with Crippen LogP contribution in [-0.2, 0) is 0 Å². The van der Waals surface area contributed by atoms with E-state index in [1.54, 1.807) is 0 Å². The zero-order valence-corrected chi connectivity index (χ0v) is 11.9. The summed E-state index contributed by atoms with van der Waals surface area (Å²) in [5.41, 5.74) is 10.1. The molecular formula is C15H28N4. The number of nitrogens with one attached hydrogen (secondary N) is 3. The molecular weight excluding hydrogens is 236 g/mol. The number of hydrazine groups is 1. The molecule has 3 unspecified atom stereocenters. The average Bonchev–Trinajstić information content (AvgIpc) is 2.49. The third-order valence-corrected chi connectivity index (χ3v) is 5.17. The Morgan fingerprint density at radius 1 is 0.947 bits per heavy atom. The van der Waals surface area contributed by atoms with Gasteiger partial charge in [-0.2, -0.15) is 5.10 Å². The van der Waals surface area contributed by atoms with Crippen molar-refractivity contribution in [3.63, 3.8) is 0 Å². The zero-order valence-electron chi connectivity index (χ0n) is 11.9. The molecule has 1 heterocycles. The van der Waals surface area contributed by atoms with E-state index in [0.29, 0.717) is 12.1 Å². The predicted molar refractivity (Wildman–Crippen MR) is 78.6 cm³/mol. The van der Waals surface area contributed by atoms with Crippen molar-refractivity contribution in [3.8, 4) is 0 Å². The summed E-state index contributed by atoms with van der Waals surface area (Å²) >= 11 is 0. The van der Waals surface area contributed by atoms with Crippen LogP contribution in [0.1, 0.15) is 57.8 Å². The highest BCUT2D eigenvalue weighted by Crippen LogP contribution is 2.32. The van der Waals surface area contributed by atoms with Gasteiger partial charge in [-0.05, 0) is 43.4 Å². The van der Waals surface area contributed by atoms with Crippen LogP contribution in [-0.4, -0.2) is 18.9 Å². The maximum atomic E-state index is 4.53. The van der Waals surface area contributed by atoms with Crippen LogP contribution in [0.4, 0.5) is 0 Å². The SMILES string of the molecule is C(=N/NC1NNCC2CCCCC21)/C1CCCCC1. The van der Waals surface area contributed by atoms with Crippen molar-refractivity contribution in [2.75, 3.05) is 6.54 Å². The van der Waals surface area contributed by atoms with Crippen LogP contribution in [0.2, 0.25) is 0 Å². The maximum Gasteiger partial charge on any atom is 0.109 e. The minimum absolute atomic E-state index is 0.318. The van der Waals surface area contributed by atoms with E-state index in [1.807, 2.05) is 0 Å². The van der Waals surface area contributed by atoms with Crippen LogP contribution < -0.4 is 16.3 Å². The fourth-order valence-electron chi connectivity index (χ4n) is 3.98. The second kappa shape index (κ2) is 6.71. The third kappa shape index (κ3) is 3.48. The Balaban J connectivity index is 1.49. The summed E-state index contributed by atoms with van der Waals surface area (Å²) in [7, 11) is 0. The second-order valence-electron chi connectivity index (χ2n) is 6.52. The van der Waals surface area contributed by atoms with E-state index in [4.69, 9.17) is 0 Å². The van der Waals surface area contributed by atoms with Gasteiger partial charge >= 0.3 is 0 Å². The average molecular weight is 264 g/mol. The van der Waals surface area contributed by atoms with Gasteiger partial charge in [0.15, 0.2) is 0 Å². The molecule has 0 aromatic rings. The largest absolute Gasteiger partial charge is 0.292 e. The lowest BCUT2D eigenvalue weighted by atomic mass is 9.77. The van der Waals surface area contributed by atoms with Gasteiger partial charge in [-0.15, -0.1) is 0 Å². The molecule has 0 aromatic heterocycles. The lowest BCUT2D eigenvalue weighted by Gasteiger charge is -2.41. The molecule has 108 valence electrons. The Labute approximate surface area is 116 Å². The highest BCUT2D eigenvalue weighted by molar-refractivity contribution is 5.60. The van der Waals surface area contributed by atoms with Crippen molar-refractivity contribution in [1.82, 2.24) is 16.3 Å². The van der Waals surface area contributed by atoms with Crippen LogP contribution >= 0.6 is 0 Å². The van der Waals surface area contributed by atoms with Crippen molar-refractivity contribution in [3.05, 3.63) is 0 Å². The van der Waals surface area contributed by atoms with Crippen molar-refractivity contribution in [2.45, 2.75) is 64.0 Å². The molecule has 1 saturated heterocycles. The number of hydrogen-bond acceptors (Lipinski definition) is 4. The van der Waals surface area contributed by atoms with Crippen LogP contribution in [0.25, 0.3) is 0 Å². The highest BCUT2D eigenvalue weighted by atomic mass is 15.5. The normalized spacial score (nSPS) is 37.2. The molecule has 3 atom stereocenters. The molecule has 1 aliphatic heterocycles. The first-order chi connectivity index (χ1) is 9.43. The standard InChI is InChI=1S/C15H28N4/c1-2-6-12(7-3-1)10-16-18-15-14-9-5-4-8-13(14)11-17-19-15/h10,12-15,17-19H,1-9,11H2/b16-10-. The molecule has 0 amide bonds. The van der Waals surface area contributed by atoms with Crippen molar-refractivity contribution in [2.24, 2.45) is 22.9 Å². The highest BCUT2D eigenvalue weighted by Gasteiger charge is 2.34. The Kier molecular flexibility index (Phi) is 4.72. The lowest BCUT2D eigenvalue weighted by Crippen LogP contribution is -2.60. The summed E-state index contributed by atoms with van der Waals surface area (Å²) in [4.78, 5) is 0. The predicted octanol–water partition coefficient (Wildman–Crippen LogP) is 2.38. The summed E-state index contributed by atoms with van der Waals surface area (Å²) in [5, 5.41) is 4.53. The molecule has 0 bridgehead atoms. The maximum absolute atomic E-state index is 4.53. The van der Waals surface area contributed by atoms with E-state index in [-0.39, 0.29) is 0 Å². The smallest absolute Gasteiger partial charge is 0.109 e. The zero-order chi connectivity index (χ0) is 12.9. The summed E-state index contributed by atoms with van der Waals surface area (Å²) in [5.74, 6) is 2.29. The molecule has 0 aromatic carbocycles. The second-order valence-corrected chi connectivity index (χ2v) is 6.52. The molecule has 4 heteroatoms. The van der Waals surface area contributed by atoms with Gasteiger partial charge in [-0.25, -0.2) is 5.43 Å². The van der Waals surface area contributed by atoms with E-state index in [0.717, 1.165) is 18.4 Å². The van der Waals surface area contributed by atoms with Crippen LogP contribution in [0.5, 0.6) is 0 Å². The number of nitrogens with zero attached hydrogens (tertiary/aromatic N) is 1. The molecule has 2 saturated carbocycles. The molecule has 3 N–H and O–H groups in total. The molecule has 3 fully saturated rings. The molecule has 3 rings (SSSR count). The van der Waals surface area contributed by atoms with Gasteiger partial charge in [-0.1, -0.05) is 32.1 Å². The van der Waals surface area contributed by atoms with Crippen molar-refractivity contribution < 1.29 is 0 Å². The summed E-state index contributed by atoms with van der Waals surface area (Å²) in [6, 6.07) is 0. The number of hydrogen-bond donors (Lipinski definition) is 3. The molecule has 19 heavy (non-hydrogen) atoms. The van der Waals surface area contributed by atoms with Crippen LogP contribution in [0.3, 0.4) is 0 Å². The quantitative estimate of drug-likeness (QED) is 0.542. The van der Waals surface area contributed by atoms with Crippen LogP contribution in [0.15, 0.2) is 5.10 Å². The fourth-order valence-corrected chi connectivity index (χ4v) is 3.98. The fraction of sp³-hybridized carbons (Fsp3) is 0.933. The first-order valence-electron chi connectivity index (χ1n) is 8.20. The van der Waals surface area contributed by atoms with Gasteiger partial charge in [0.1, 0.15) is 6.17 Å². The Hall–Kier alpha value is -0.610. The van der Waals surface area contributed by atoms with E-state index >= 15 is 0 Å². The topological polar surface area (TPSA) is 48.5 Å². The van der Waals surface area contributed by atoms with Gasteiger partial charge < -0.3 is 0 Å².